The highest BCUT2D eigenvalue weighted by Crippen LogP contribution is 2.17. The number of benzene rings is 3. The van der Waals surface area contributed by atoms with Crippen molar-refractivity contribution in [3.8, 4) is 0 Å². The van der Waals surface area contributed by atoms with Crippen LogP contribution in [-0.4, -0.2) is 0 Å². The van der Waals surface area contributed by atoms with E-state index in [4.69, 9.17) is 0 Å². The molecule has 0 N–H and O–H groups in total. The van der Waals surface area contributed by atoms with Gasteiger partial charge in [0.1, 0.15) is 0 Å². The molecule has 0 aromatic heterocycles. The Morgan fingerprint density at radius 1 is 0.538 bits per heavy atom. The molecule has 3 rings (SSSR count). The van der Waals surface area contributed by atoms with Gasteiger partial charge < -0.3 is 0 Å². The molecule has 0 saturated carbocycles. The maximum Gasteiger partial charge on any atom is -0.0230 e. The highest BCUT2D eigenvalue weighted by Gasteiger charge is 2.03. The summed E-state index contributed by atoms with van der Waals surface area (Å²) in [6.07, 6.45) is 8.10. The van der Waals surface area contributed by atoms with Gasteiger partial charge in [-0.2, -0.15) is 0 Å². The van der Waals surface area contributed by atoms with Gasteiger partial charge in [-0.05, 0) is 59.1 Å². The van der Waals surface area contributed by atoms with Gasteiger partial charge in [-0.25, -0.2) is 0 Å². The van der Waals surface area contributed by atoms with Gasteiger partial charge in [0.05, 0.1) is 0 Å². The molecule has 0 unspecified atom stereocenters. The lowest BCUT2D eigenvalue weighted by atomic mass is 9.96. The van der Waals surface area contributed by atoms with Crippen LogP contribution in [0.2, 0.25) is 0 Å². The van der Waals surface area contributed by atoms with E-state index in [9.17, 15) is 0 Å². The van der Waals surface area contributed by atoms with Crippen LogP contribution in [0.4, 0.5) is 0 Å². The Hall–Kier alpha value is -2.86. The molecule has 3 aromatic carbocycles. The Morgan fingerprint density at radius 2 is 1.00 bits per heavy atom. The highest BCUT2D eigenvalue weighted by atomic mass is 14.1. The van der Waals surface area contributed by atoms with Crippen LogP contribution in [0.5, 0.6) is 0 Å². The molecule has 0 bridgehead atoms. The molecule has 0 amide bonds. The molecule has 0 spiro atoms. The summed E-state index contributed by atoms with van der Waals surface area (Å²) in [6, 6.07) is 26.0. The predicted octanol–water partition coefficient (Wildman–Crippen LogP) is 6.54. The minimum absolute atomic E-state index is 1.05. The smallest absolute Gasteiger partial charge is 0.0230 e. The van der Waals surface area contributed by atoms with Gasteiger partial charge in [-0.1, -0.05) is 98.1 Å². The maximum atomic E-state index is 3.92. The average molecular weight is 338 g/mol. The molecule has 0 heteroatoms. The molecule has 130 valence electrons. The Kier molecular flexibility index (Phi) is 6.22. The first-order valence-corrected chi connectivity index (χ1v) is 9.28. The SMILES string of the molecule is C=Cc1ccccc1CCc1cccc(CCc2ccccc2C=C)c1. The zero-order valence-corrected chi connectivity index (χ0v) is 15.3. The third-order valence-corrected chi connectivity index (χ3v) is 4.91. The molecule has 0 aliphatic heterocycles. The van der Waals surface area contributed by atoms with Gasteiger partial charge in [0.25, 0.3) is 0 Å². The summed E-state index contributed by atoms with van der Waals surface area (Å²) in [5, 5.41) is 0. The summed E-state index contributed by atoms with van der Waals surface area (Å²) in [7, 11) is 0. The first kappa shape index (κ1) is 17.9. The van der Waals surface area contributed by atoms with Crippen molar-refractivity contribution in [1.82, 2.24) is 0 Å². The van der Waals surface area contributed by atoms with Crippen LogP contribution in [-0.2, 0) is 25.7 Å². The molecule has 0 saturated heterocycles. The maximum absolute atomic E-state index is 3.92. The van der Waals surface area contributed by atoms with Crippen molar-refractivity contribution in [2.24, 2.45) is 0 Å². The average Bonchev–Trinajstić information content (AvgIpc) is 2.71. The molecule has 0 aliphatic rings. The van der Waals surface area contributed by atoms with E-state index in [0.29, 0.717) is 0 Å². The van der Waals surface area contributed by atoms with Crippen molar-refractivity contribution in [1.29, 1.82) is 0 Å². The van der Waals surface area contributed by atoms with Gasteiger partial charge in [0.2, 0.25) is 0 Å². The van der Waals surface area contributed by atoms with Crippen molar-refractivity contribution < 1.29 is 0 Å². The van der Waals surface area contributed by atoms with E-state index in [1.165, 1.54) is 33.4 Å². The summed E-state index contributed by atoms with van der Waals surface area (Å²) in [4.78, 5) is 0. The standard InChI is InChI=1S/C26H26/c1-3-23-12-5-7-14-25(23)18-16-21-10-9-11-22(20-21)17-19-26-15-8-6-13-24(26)4-2/h3-15,20H,1-2,16-19H2. The van der Waals surface area contributed by atoms with E-state index in [-0.39, 0.29) is 0 Å². The van der Waals surface area contributed by atoms with Gasteiger partial charge in [0.15, 0.2) is 0 Å². The van der Waals surface area contributed by atoms with Crippen molar-refractivity contribution in [3.63, 3.8) is 0 Å². The third-order valence-electron chi connectivity index (χ3n) is 4.91. The van der Waals surface area contributed by atoms with Crippen LogP contribution < -0.4 is 0 Å². The van der Waals surface area contributed by atoms with E-state index >= 15 is 0 Å². The molecular formula is C26H26. The van der Waals surface area contributed by atoms with Gasteiger partial charge >= 0.3 is 0 Å². The Labute approximate surface area is 157 Å². The van der Waals surface area contributed by atoms with Crippen LogP contribution in [0.1, 0.15) is 33.4 Å². The summed E-state index contributed by atoms with van der Waals surface area (Å²) in [5.74, 6) is 0. The lowest BCUT2D eigenvalue weighted by molar-refractivity contribution is 0.928. The fourth-order valence-corrected chi connectivity index (χ4v) is 3.42. The van der Waals surface area contributed by atoms with Crippen LogP contribution in [0, 0.1) is 0 Å². The quantitative estimate of drug-likeness (QED) is 0.437. The molecule has 0 aliphatic carbocycles. The molecule has 0 nitrogen and oxygen atoms in total. The van der Waals surface area contributed by atoms with Gasteiger partial charge in [0, 0.05) is 0 Å². The topological polar surface area (TPSA) is 0 Å². The van der Waals surface area contributed by atoms with E-state index in [2.05, 4.69) is 86.0 Å². The van der Waals surface area contributed by atoms with Crippen LogP contribution in [0.15, 0.2) is 86.0 Å². The summed E-state index contributed by atoms with van der Waals surface area (Å²) in [5.41, 5.74) is 8.02. The molecule has 0 heterocycles. The molecule has 3 aromatic rings. The minimum Gasteiger partial charge on any atom is -0.0985 e. The number of aryl methyl sites for hydroxylation is 4. The second kappa shape index (κ2) is 9.01. The lowest BCUT2D eigenvalue weighted by Crippen LogP contribution is -1.97. The zero-order valence-electron chi connectivity index (χ0n) is 15.3. The molecule has 0 atom stereocenters. The predicted molar refractivity (Wildman–Crippen MR) is 114 cm³/mol. The number of hydrogen-bond donors (Lipinski definition) is 0. The molecule has 26 heavy (non-hydrogen) atoms. The van der Waals surface area contributed by atoms with E-state index in [1.54, 1.807) is 0 Å². The van der Waals surface area contributed by atoms with Gasteiger partial charge in [-0.3, -0.25) is 0 Å². The van der Waals surface area contributed by atoms with Crippen LogP contribution in [0.3, 0.4) is 0 Å². The largest absolute Gasteiger partial charge is 0.0985 e. The minimum atomic E-state index is 1.05. The van der Waals surface area contributed by atoms with Gasteiger partial charge in [-0.15, -0.1) is 0 Å². The summed E-state index contributed by atoms with van der Waals surface area (Å²) in [6.45, 7) is 7.84. The van der Waals surface area contributed by atoms with Crippen molar-refractivity contribution in [2.45, 2.75) is 25.7 Å². The van der Waals surface area contributed by atoms with E-state index in [1.807, 2.05) is 12.2 Å². The Bertz CT molecular complexity index is 815. The van der Waals surface area contributed by atoms with Crippen molar-refractivity contribution >= 4 is 12.2 Å². The Morgan fingerprint density at radius 3 is 1.46 bits per heavy atom. The van der Waals surface area contributed by atoms with Crippen LogP contribution >= 0.6 is 0 Å². The van der Waals surface area contributed by atoms with E-state index in [0.717, 1.165) is 25.7 Å². The monoisotopic (exact) mass is 338 g/mol. The fourth-order valence-electron chi connectivity index (χ4n) is 3.42. The van der Waals surface area contributed by atoms with Crippen molar-refractivity contribution in [3.05, 3.63) is 119 Å². The van der Waals surface area contributed by atoms with Crippen LogP contribution in [0.25, 0.3) is 12.2 Å². The second-order valence-electron chi connectivity index (χ2n) is 6.63. The fraction of sp³-hybridized carbons (Fsp3) is 0.154. The highest BCUT2D eigenvalue weighted by molar-refractivity contribution is 5.52. The molecule has 0 radical (unpaired) electrons. The normalized spacial score (nSPS) is 10.5. The Balaban J connectivity index is 1.64. The zero-order chi connectivity index (χ0) is 18.2. The third kappa shape index (κ3) is 4.61. The number of rotatable bonds is 8. The number of hydrogen-bond acceptors (Lipinski definition) is 0. The first-order valence-electron chi connectivity index (χ1n) is 9.28. The lowest BCUT2D eigenvalue weighted by Gasteiger charge is -2.09. The summed E-state index contributed by atoms with van der Waals surface area (Å²) >= 11 is 0. The molecule has 0 fully saturated rings. The second-order valence-corrected chi connectivity index (χ2v) is 6.63. The van der Waals surface area contributed by atoms with Crippen molar-refractivity contribution in [2.75, 3.05) is 0 Å². The summed E-state index contributed by atoms with van der Waals surface area (Å²) < 4.78 is 0. The first-order chi connectivity index (χ1) is 12.8. The molecular weight excluding hydrogens is 312 g/mol. The van der Waals surface area contributed by atoms with E-state index < -0.39 is 0 Å².